The number of anilines is 2. The molecular weight excluding hydrogens is 440 g/mol. The van der Waals surface area contributed by atoms with E-state index in [0.29, 0.717) is 35.7 Å². The molecule has 0 radical (unpaired) electrons. The molecule has 2 aliphatic rings. The number of rotatable bonds is 7. The lowest BCUT2D eigenvalue weighted by molar-refractivity contribution is -0.122. The molecule has 34 heavy (non-hydrogen) atoms. The van der Waals surface area contributed by atoms with Gasteiger partial charge in [0, 0.05) is 6.07 Å². The second-order valence-corrected chi connectivity index (χ2v) is 7.91. The van der Waals surface area contributed by atoms with E-state index in [1.54, 1.807) is 18.2 Å². The Morgan fingerprint density at radius 1 is 0.941 bits per heavy atom. The summed E-state index contributed by atoms with van der Waals surface area (Å²) < 4.78 is 15.4. The fourth-order valence-corrected chi connectivity index (χ4v) is 4.11. The summed E-state index contributed by atoms with van der Waals surface area (Å²) in [6.07, 6.45) is 4.96. The number of esters is 1. The van der Waals surface area contributed by atoms with Gasteiger partial charge in [0.05, 0.1) is 43.0 Å². The predicted molar refractivity (Wildman–Crippen MR) is 123 cm³/mol. The molecular formula is C25H24N2O7. The number of hydrogen-bond donors (Lipinski definition) is 1. The van der Waals surface area contributed by atoms with Crippen LogP contribution in [0.3, 0.4) is 0 Å². The fraction of sp³-hybridized carbons (Fsp3) is 0.280. The van der Waals surface area contributed by atoms with Crippen LogP contribution < -0.4 is 19.7 Å². The molecule has 176 valence electrons. The van der Waals surface area contributed by atoms with Crippen molar-refractivity contribution in [3.8, 4) is 11.5 Å². The standard InChI is InChI=1S/C25H24N2O7/c1-32-17-11-12-21(33-2)20(13-17)26-22(28)14-34-25(31)15-7-9-16(10-8-15)27-23(29)18-5-3-4-6-19(18)24(27)30/h3-4,7-13,18-19H,5-6,14H2,1-2H3,(H,26,28)/t18-,19+. The number of imide groups is 1. The average Bonchev–Trinajstić information content (AvgIpc) is 3.12. The molecule has 9 nitrogen and oxygen atoms in total. The van der Waals surface area contributed by atoms with E-state index in [9.17, 15) is 19.2 Å². The summed E-state index contributed by atoms with van der Waals surface area (Å²) in [6.45, 7) is -0.513. The van der Waals surface area contributed by atoms with Crippen LogP contribution in [0.25, 0.3) is 0 Å². The molecule has 1 heterocycles. The van der Waals surface area contributed by atoms with Crippen LogP contribution in [0.4, 0.5) is 11.4 Å². The molecule has 1 N–H and O–H groups in total. The third kappa shape index (κ3) is 4.50. The quantitative estimate of drug-likeness (QED) is 0.381. The van der Waals surface area contributed by atoms with Gasteiger partial charge in [-0.3, -0.25) is 19.3 Å². The normalized spacial score (nSPS) is 18.9. The van der Waals surface area contributed by atoms with E-state index in [0.717, 1.165) is 0 Å². The minimum absolute atomic E-state index is 0.189. The number of carbonyl (C=O) groups excluding carboxylic acids is 4. The fourth-order valence-electron chi connectivity index (χ4n) is 4.11. The van der Waals surface area contributed by atoms with E-state index in [1.165, 1.54) is 43.4 Å². The van der Waals surface area contributed by atoms with Crippen LogP contribution in [0.2, 0.25) is 0 Å². The number of amides is 3. The number of ether oxygens (including phenoxy) is 3. The van der Waals surface area contributed by atoms with Gasteiger partial charge in [0.1, 0.15) is 11.5 Å². The van der Waals surface area contributed by atoms with Crippen molar-refractivity contribution in [3.05, 3.63) is 60.2 Å². The third-order valence-electron chi connectivity index (χ3n) is 5.88. The first-order valence-electron chi connectivity index (χ1n) is 10.7. The monoisotopic (exact) mass is 464 g/mol. The van der Waals surface area contributed by atoms with Gasteiger partial charge in [0.2, 0.25) is 11.8 Å². The highest BCUT2D eigenvalue weighted by Gasteiger charge is 2.47. The molecule has 0 unspecified atom stereocenters. The van der Waals surface area contributed by atoms with Gasteiger partial charge in [-0.05, 0) is 49.2 Å². The summed E-state index contributed by atoms with van der Waals surface area (Å²) in [7, 11) is 2.97. The molecule has 0 aromatic heterocycles. The maximum atomic E-state index is 12.7. The number of allylic oxidation sites excluding steroid dienone is 2. The Hall–Kier alpha value is -4.14. The van der Waals surface area contributed by atoms with Crippen LogP contribution in [0.15, 0.2) is 54.6 Å². The lowest BCUT2D eigenvalue weighted by Gasteiger charge is -2.15. The van der Waals surface area contributed by atoms with E-state index in [4.69, 9.17) is 14.2 Å². The first-order valence-corrected chi connectivity index (χ1v) is 10.7. The van der Waals surface area contributed by atoms with E-state index >= 15 is 0 Å². The summed E-state index contributed by atoms with van der Waals surface area (Å²) >= 11 is 0. The van der Waals surface area contributed by atoms with Crippen LogP contribution in [0.1, 0.15) is 23.2 Å². The molecule has 2 aromatic rings. The predicted octanol–water partition coefficient (Wildman–Crippen LogP) is 2.95. The van der Waals surface area contributed by atoms with Crippen molar-refractivity contribution < 1.29 is 33.4 Å². The molecule has 0 bridgehead atoms. The van der Waals surface area contributed by atoms with Crippen LogP contribution in [0.5, 0.6) is 11.5 Å². The number of fused-ring (bicyclic) bond motifs is 1. The van der Waals surface area contributed by atoms with Gasteiger partial charge in [-0.1, -0.05) is 12.2 Å². The summed E-state index contributed by atoms with van der Waals surface area (Å²) in [5.74, 6) is -1.42. The Morgan fingerprint density at radius 2 is 1.59 bits per heavy atom. The largest absolute Gasteiger partial charge is 0.497 e. The molecule has 1 aliphatic carbocycles. The number of hydrogen-bond acceptors (Lipinski definition) is 7. The molecule has 2 aromatic carbocycles. The van der Waals surface area contributed by atoms with Crippen LogP contribution >= 0.6 is 0 Å². The van der Waals surface area contributed by atoms with Crippen LogP contribution in [-0.4, -0.2) is 44.5 Å². The van der Waals surface area contributed by atoms with Gasteiger partial charge < -0.3 is 19.5 Å². The number of methoxy groups -OCH3 is 2. The van der Waals surface area contributed by atoms with E-state index in [-0.39, 0.29) is 29.2 Å². The van der Waals surface area contributed by atoms with Crippen molar-refractivity contribution in [2.75, 3.05) is 31.0 Å². The van der Waals surface area contributed by atoms with Crippen molar-refractivity contribution in [1.29, 1.82) is 0 Å². The molecule has 1 fully saturated rings. The highest BCUT2D eigenvalue weighted by molar-refractivity contribution is 6.22. The average molecular weight is 464 g/mol. The second-order valence-electron chi connectivity index (χ2n) is 7.91. The van der Waals surface area contributed by atoms with Gasteiger partial charge in [0.15, 0.2) is 6.61 Å². The molecule has 0 spiro atoms. The second kappa shape index (κ2) is 9.78. The topological polar surface area (TPSA) is 111 Å². The minimum atomic E-state index is -0.712. The first kappa shape index (κ1) is 23.0. The molecule has 0 saturated carbocycles. The highest BCUT2D eigenvalue weighted by Crippen LogP contribution is 2.37. The third-order valence-corrected chi connectivity index (χ3v) is 5.88. The zero-order chi connectivity index (χ0) is 24.2. The van der Waals surface area contributed by atoms with Crippen molar-refractivity contribution in [2.24, 2.45) is 11.8 Å². The Kier molecular flexibility index (Phi) is 6.62. The summed E-state index contributed by atoms with van der Waals surface area (Å²) in [4.78, 5) is 51.2. The molecule has 1 aliphatic heterocycles. The molecule has 1 saturated heterocycles. The Morgan fingerprint density at radius 3 is 2.18 bits per heavy atom. The SMILES string of the molecule is COc1ccc(OC)c(NC(=O)COC(=O)c2ccc(N3C(=O)[C@H]4CC=CC[C@H]4C3=O)cc2)c1. The minimum Gasteiger partial charge on any atom is -0.497 e. The highest BCUT2D eigenvalue weighted by atomic mass is 16.5. The summed E-state index contributed by atoms with van der Waals surface area (Å²) in [5.41, 5.74) is 0.973. The van der Waals surface area contributed by atoms with Crippen LogP contribution in [-0.2, 0) is 19.1 Å². The van der Waals surface area contributed by atoms with Crippen molar-refractivity contribution in [2.45, 2.75) is 12.8 Å². The zero-order valence-electron chi connectivity index (χ0n) is 18.8. The molecule has 9 heteroatoms. The van der Waals surface area contributed by atoms with Crippen molar-refractivity contribution in [3.63, 3.8) is 0 Å². The smallest absolute Gasteiger partial charge is 0.338 e. The van der Waals surface area contributed by atoms with E-state index in [2.05, 4.69) is 5.32 Å². The first-order chi connectivity index (χ1) is 16.4. The Bertz CT molecular complexity index is 1130. The van der Waals surface area contributed by atoms with Gasteiger partial charge in [-0.2, -0.15) is 0 Å². The van der Waals surface area contributed by atoms with Gasteiger partial charge in [0.25, 0.3) is 5.91 Å². The zero-order valence-corrected chi connectivity index (χ0v) is 18.8. The Labute approximate surface area is 196 Å². The molecule has 4 rings (SSSR count). The van der Waals surface area contributed by atoms with Gasteiger partial charge in [-0.15, -0.1) is 0 Å². The summed E-state index contributed by atoms with van der Waals surface area (Å²) in [6, 6.07) is 10.9. The lowest BCUT2D eigenvalue weighted by atomic mass is 9.85. The molecule has 3 amide bonds. The van der Waals surface area contributed by atoms with E-state index in [1.807, 2.05) is 12.2 Å². The lowest BCUT2D eigenvalue weighted by Crippen LogP contribution is -2.30. The van der Waals surface area contributed by atoms with Crippen molar-refractivity contribution in [1.82, 2.24) is 0 Å². The van der Waals surface area contributed by atoms with Crippen LogP contribution in [0, 0.1) is 11.8 Å². The maximum Gasteiger partial charge on any atom is 0.338 e. The molecule has 2 atom stereocenters. The number of nitrogens with zero attached hydrogens (tertiary/aromatic N) is 1. The van der Waals surface area contributed by atoms with Gasteiger partial charge >= 0.3 is 5.97 Å². The summed E-state index contributed by atoms with van der Waals surface area (Å²) in [5, 5.41) is 2.62. The number of carbonyl (C=O) groups is 4. The number of benzene rings is 2. The van der Waals surface area contributed by atoms with Gasteiger partial charge in [-0.25, -0.2) is 4.79 Å². The Balaban J connectivity index is 1.36. The maximum absolute atomic E-state index is 12.7. The van der Waals surface area contributed by atoms with Crippen molar-refractivity contribution >= 4 is 35.1 Å². The van der Waals surface area contributed by atoms with E-state index < -0.39 is 18.5 Å². The number of nitrogens with one attached hydrogen (secondary N) is 1.